The maximum absolute atomic E-state index is 11.1. The third kappa shape index (κ3) is 14.9. The molecule has 0 rings (SSSR count). The molecule has 0 fully saturated rings. The standard InChI is InChI=1S/C12H24O5Si.C8H20O4Si/c1-6-10-18(14-8-3,15-9-4)17-11(5)16-12(13)7-2;1-5-9-13(10-6-2,11-7-3)12-8-4/h7,11H,2,6,8-10H2,1,3-5H3;5-8H2,1-4H3. The van der Waals surface area contributed by atoms with Crippen LogP contribution in [0.5, 0.6) is 0 Å². The number of hydrogen-bond acceptors (Lipinski definition) is 9. The van der Waals surface area contributed by atoms with Crippen LogP contribution in [0.3, 0.4) is 0 Å². The molecule has 1 atom stereocenters. The molecule has 0 aliphatic carbocycles. The van der Waals surface area contributed by atoms with Crippen LogP contribution in [-0.4, -0.2) is 69.8 Å². The highest BCUT2D eigenvalue weighted by atomic mass is 28.4. The molecule has 1 unspecified atom stereocenters. The molecule has 0 aliphatic rings. The SMILES string of the molecule is C=CC(=O)OC(C)O[Si](CCC)(OCC)OCC.CCO[Si](OCC)(OCC)OCC. The van der Waals surface area contributed by atoms with Crippen LogP contribution in [-0.2, 0) is 40.5 Å². The van der Waals surface area contributed by atoms with Crippen molar-refractivity contribution < 1.29 is 40.5 Å². The van der Waals surface area contributed by atoms with E-state index in [1.807, 2.05) is 48.5 Å². The van der Waals surface area contributed by atoms with E-state index in [1.165, 1.54) is 0 Å². The summed E-state index contributed by atoms with van der Waals surface area (Å²) in [5.41, 5.74) is 0. The molecule has 0 amide bonds. The highest BCUT2D eigenvalue weighted by Gasteiger charge is 2.44. The van der Waals surface area contributed by atoms with Gasteiger partial charge in [0.15, 0.2) is 6.29 Å². The van der Waals surface area contributed by atoms with Crippen molar-refractivity contribution in [2.24, 2.45) is 0 Å². The fraction of sp³-hybridized carbons (Fsp3) is 0.850. The first-order chi connectivity index (χ1) is 14.8. The zero-order valence-corrected chi connectivity index (χ0v) is 22.7. The fourth-order valence-corrected chi connectivity index (χ4v) is 7.09. The molecule has 0 heterocycles. The summed E-state index contributed by atoms with van der Waals surface area (Å²) in [7, 11) is -5.55. The summed E-state index contributed by atoms with van der Waals surface area (Å²) in [6.07, 6.45) is 1.28. The second kappa shape index (κ2) is 20.0. The maximum Gasteiger partial charge on any atom is 0.679 e. The van der Waals surface area contributed by atoms with Gasteiger partial charge in [-0.2, -0.15) is 0 Å². The van der Waals surface area contributed by atoms with E-state index < -0.39 is 30.1 Å². The summed E-state index contributed by atoms with van der Waals surface area (Å²) in [6, 6.07) is 0.699. The Morgan fingerprint density at radius 2 is 1.16 bits per heavy atom. The summed E-state index contributed by atoms with van der Waals surface area (Å²) in [6.45, 7) is 21.6. The molecule has 186 valence electrons. The quantitative estimate of drug-likeness (QED) is 0.124. The zero-order valence-electron chi connectivity index (χ0n) is 20.7. The van der Waals surface area contributed by atoms with Gasteiger partial charge in [0.25, 0.3) is 0 Å². The van der Waals surface area contributed by atoms with E-state index >= 15 is 0 Å². The Bertz CT molecular complexity index is 406. The van der Waals surface area contributed by atoms with Crippen LogP contribution in [0.4, 0.5) is 0 Å². The van der Waals surface area contributed by atoms with Gasteiger partial charge in [0, 0.05) is 51.8 Å². The molecule has 0 bridgehead atoms. The second-order valence-corrected chi connectivity index (χ2v) is 10.7. The normalized spacial score (nSPS) is 12.6. The van der Waals surface area contributed by atoms with Gasteiger partial charge in [-0.1, -0.05) is 19.9 Å². The molecule has 11 heteroatoms. The van der Waals surface area contributed by atoms with Gasteiger partial charge >= 0.3 is 23.8 Å². The Kier molecular flexibility index (Phi) is 21.0. The Labute approximate surface area is 191 Å². The molecule has 0 aromatic heterocycles. The van der Waals surface area contributed by atoms with Crippen LogP contribution in [0.25, 0.3) is 0 Å². The van der Waals surface area contributed by atoms with E-state index in [1.54, 1.807) is 6.92 Å². The number of hydrogen-bond donors (Lipinski definition) is 0. The Hall–Kier alpha value is -0.636. The van der Waals surface area contributed by atoms with Crippen molar-refractivity contribution in [1.82, 2.24) is 0 Å². The third-order valence-electron chi connectivity index (χ3n) is 3.36. The predicted octanol–water partition coefficient (Wildman–Crippen LogP) is 4.07. The van der Waals surface area contributed by atoms with Crippen molar-refractivity contribution in [3.63, 3.8) is 0 Å². The molecular formula is C20H44O9Si2. The van der Waals surface area contributed by atoms with Gasteiger partial charge in [-0.3, -0.25) is 0 Å². The van der Waals surface area contributed by atoms with Gasteiger partial charge in [-0.25, -0.2) is 4.79 Å². The van der Waals surface area contributed by atoms with Crippen LogP contribution in [0.1, 0.15) is 61.8 Å². The maximum atomic E-state index is 11.1. The van der Waals surface area contributed by atoms with Crippen LogP contribution in [0, 0.1) is 0 Å². The molecule has 0 aromatic rings. The molecule has 0 saturated carbocycles. The predicted molar refractivity (Wildman–Crippen MR) is 123 cm³/mol. The number of esters is 1. The highest BCUT2D eigenvalue weighted by Crippen LogP contribution is 2.20. The third-order valence-corrected chi connectivity index (χ3v) is 9.19. The lowest BCUT2D eigenvalue weighted by atomic mass is 10.6. The van der Waals surface area contributed by atoms with E-state index in [0.717, 1.165) is 12.5 Å². The molecule has 9 nitrogen and oxygen atoms in total. The molecule has 0 N–H and O–H groups in total. The Morgan fingerprint density at radius 3 is 1.45 bits per heavy atom. The van der Waals surface area contributed by atoms with Crippen LogP contribution >= 0.6 is 0 Å². The molecule has 0 radical (unpaired) electrons. The van der Waals surface area contributed by atoms with Crippen molar-refractivity contribution in [3.05, 3.63) is 12.7 Å². The molecular weight excluding hydrogens is 440 g/mol. The molecule has 0 spiro atoms. The summed E-state index contributed by atoms with van der Waals surface area (Å²) in [5.74, 6) is -0.519. The minimum absolute atomic E-state index is 0.508. The number of rotatable bonds is 18. The highest BCUT2D eigenvalue weighted by molar-refractivity contribution is 6.60. The summed E-state index contributed by atoms with van der Waals surface area (Å²) in [4.78, 5) is 11.1. The minimum Gasteiger partial charge on any atom is -0.434 e. The van der Waals surface area contributed by atoms with E-state index in [9.17, 15) is 4.79 Å². The van der Waals surface area contributed by atoms with Crippen molar-refractivity contribution in [3.8, 4) is 0 Å². The van der Waals surface area contributed by atoms with Crippen molar-refractivity contribution in [2.75, 3.05) is 39.6 Å². The van der Waals surface area contributed by atoms with Gasteiger partial charge in [0.05, 0.1) is 0 Å². The molecule has 0 aliphatic heterocycles. The van der Waals surface area contributed by atoms with E-state index in [4.69, 9.17) is 35.7 Å². The lowest BCUT2D eigenvalue weighted by Gasteiger charge is -2.30. The van der Waals surface area contributed by atoms with Gasteiger partial charge < -0.3 is 35.7 Å². The average Bonchev–Trinajstić information content (AvgIpc) is 2.69. The number of ether oxygens (including phenoxy) is 1. The number of carbonyl (C=O) groups is 1. The van der Waals surface area contributed by atoms with E-state index in [-0.39, 0.29) is 0 Å². The smallest absolute Gasteiger partial charge is 0.434 e. The van der Waals surface area contributed by atoms with Gasteiger partial charge in [-0.15, -0.1) is 0 Å². The van der Waals surface area contributed by atoms with Crippen molar-refractivity contribution >= 4 is 23.8 Å². The summed E-state index contributed by atoms with van der Waals surface area (Å²) >= 11 is 0. The van der Waals surface area contributed by atoms with Crippen LogP contribution < -0.4 is 0 Å². The summed E-state index contributed by atoms with van der Waals surface area (Å²) in [5, 5.41) is 0. The molecule has 0 aromatic carbocycles. The minimum atomic E-state index is -2.80. The van der Waals surface area contributed by atoms with Crippen molar-refractivity contribution in [2.45, 2.75) is 74.1 Å². The lowest BCUT2D eigenvalue weighted by molar-refractivity contribution is -0.161. The van der Waals surface area contributed by atoms with Gasteiger partial charge in [0.1, 0.15) is 0 Å². The first-order valence-corrected chi connectivity index (χ1v) is 14.7. The van der Waals surface area contributed by atoms with E-state index in [2.05, 4.69) is 6.58 Å². The average molecular weight is 485 g/mol. The first-order valence-electron chi connectivity index (χ1n) is 11.1. The van der Waals surface area contributed by atoms with Crippen LogP contribution in [0.2, 0.25) is 6.04 Å². The van der Waals surface area contributed by atoms with E-state index in [0.29, 0.717) is 45.7 Å². The lowest BCUT2D eigenvalue weighted by Crippen LogP contribution is -2.49. The zero-order chi connectivity index (χ0) is 24.2. The largest absolute Gasteiger partial charge is 0.679 e. The number of carbonyl (C=O) groups excluding carboxylic acids is 1. The Balaban J connectivity index is 0. The summed E-state index contributed by atoms with van der Waals surface area (Å²) < 4.78 is 43.8. The van der Waals surface area contributed by atoms with Crippen LogP contribution in [0.15, 0.2) is 12.7 Å². The first kappa shape index (κ1) is 32.5. The fourth-order valence-electron chi connectivity index (χ4n) is 2.50. The van der Waals surface area contributed by atoms with Gasteiger partial charge in [-0.05, 0) is 48.5 Å². The Morgan fingerprint density at radius 1 is 0.774 bits per heavy atom. The van der Waals surface area contributed by atoms with Crippen molar-refractivity contribution in [1.29, 1.82) is 0 Å². The monoisotopic (exact) mass is 484 g/mol. The molecule has 0 saturated heterocycles. The molecule has 31 heavy (non-hydrogen) atoms. The topological polar surface area (TPSA) is 90.9 Å². The van der Waals surface area contributed by atoms with Gasteiger partial charge in [0.2, 0.25) is 0 Å². The second-order valence-electron chi connectivity index (χ2n) is 5.86.